The predicted molar refractivity (Wildman–Crippen MR) is 128 cm³/mol. The van der Waals surface area contributed by atoms with Crippen molar-refractivity contribution in [2.45, 2.75) is 70.1 Å². The Labute approximate surface area is 196 Å². The first-order valence-electron chi connectivity index (χ1n) is 11.7. The summed E-state index contributed by atoms with van der Waals surface area (Å²) >= 11 is 6.21. The van der Waals surface area contributed by atoms with Gasteiger partial charge in [-0.1, -0.05) is 56.9 Å². The van der Waals surface area contributed by atoms with Gasteiger partial charge in [0.15, 0.2) is 5.41 Å². The summed E-state index contributed by atoms with van der Waals surface area (Å²) in [6, 6.07) is 17.5. The second-order valence-electron chi connectivity index (χ2n) is 8.59. The number of hydrogen-bond acceptors (Lipinski definition) is 4. The molecule has 0 amide bonds. The van der Waals surface area contributed by atoms with Crippen LogP contribution in [0.2, 0.25) is 0 Å². The van der Waals surface area contributed by atoms with Crippen LogP contribution in [0.5, 0.6) is 11.5 Å². The van der Waals surface area contributed by atoms with Crippen LogP contribution < -0.4 is 9.47 Å². The Balaban J connectivity index is 1.54. The number of rotatable bonds is 10. The van der Waals surface area contributed by atoms with E-state index >= 15 is 0 Å². The van der Waals surface area contributed by atoms with Crippen LogP contribution in [0, 0.1) is 16.7 Å². The molecule has 0 aromatic heterocycles. The predicted octanol–water partition coefficient (Wildman–Crippen LogP) is 7.30. The Bertz CT molecular complexity index is 904. The summed E-state index contributed by atoms with van der Waals surface area (Å²) in [7, 11) is 0. The van der Waals surface area contributed by atoms with Crippen molar-refractivity contribution in [1.82, 2.24) is 0 Å². The minimum atomic E-state index is -1.14. The summed E-state index contributed by atoms with van der Waals surface area (Å²) in [5, 5.41) is 9.44. The molecule has 2 aromatic rings. The molecular weight excluding hydrogens is 422 g/mol. The molecular formula is C27H32ClNO3. The minimum absolute atomic E-state index is 0.161. The van der Waals surface area contributed by atoms with Crippen molar-refractivity contribution >= 4 is 17.6 Å². The third kappa shape index (κ3) is 6.50. The molecule has 4 nitrogen and oxygen atoms in total. The van der Waals surface area contributed by atoms with Gasteiger partial charge in [0.25, 0.3) is 0 Å². The van der Waals surface area contributed by atoms with Crippen LogP contribution in [-0.4, -0.2) is 18.0 Å². The summed E-state index contributed by atoms with van der Waals surface area (Å²) < 4.78 is 11.4. The number of unbranched alkanes of at least 4 members (excludes halogenated alkanes) is 4. The van der Waals surface area contributed by atoms with E-state index in [2.05, 4.69) is 13.0 Å². The van der Waals surface area contributed by atoms with E-state index < -0.39 is 11.4 Å². The van der Waals surface area contributed by atoms with E-state index in [1.807, 2.05) is 36.4 Å². The van der Waals surface area contributed by atoms with Crippen molar-refractivity contribution in [2.24, 2.45) is 5.41 Å². The molecule has 2 atom stereocenters. The van der Waals surface area contributed by atoms with Crippen molar-refractivity contribution in [3.05, 3.63) is 48.5 Å². The average Bonchev–Trinajstić information content (AvgIpc) is 2.82. The molecule has 0 spiro atoms. The lowest BCUT2D eigenvalue weighted by atomic mass is 9.75. The zero-order chi connectivity index (χ0) is 22.8. The quantitative estimate of drug-likeness (QED) is 0.164. The van der Waals surface area contributed by atoms with Gasteiger partial charge in [-0.3, -0.25) is 0 Å². The highest BCUT2D eigenvalue weighted by Gasteiger charge is 2.44. The van der Waals surface area contributed by atoms with E-state index in [1.165, 1.54) is 25.7 Å². The fourth-order valence-corrected chi connectivity index (χ4v) is 4.52. The zero-order valence-corrected chi connectivity index (χ0v) is 19.6. The van der Waals surface area contributed by atoms with Gasteiger partial charge in [-0.25, -0.2) is 4.79 Å². The SMILES string of the molecule is CCCCCCCOc1ccc(-c2ccc(OC(=O)C3(C#N)CCCC(Cl)C3)cc2)cc1. The van der Waals surface area contributed by atoms with Gasteiger partial charge in [-0.2, -0.15) is 5.26 Å². The van der Waals surface area contributed by atoms with Gasteiger partial charge in [0.1, 0.15) is 11.5 Å². The highest BCUT2D eigenvalue weighted by Crippen LogP contribution is 2.39. The van der Waals surface area contributed by atoms with Crippen molar-refractivity contribution in [1.29, 1.82) is 5.26 Å². The fraction of sp³-hybridized carbons (Fsp3) is 0.481. The van der Waals surface area contributed by atoms with E-state index in [0.717, 1.165) is 42.7 Å². The summed E-state index contributed by atoms with van der Waals surface area (Å²) in [5.74, 6) is 0.809. The molecule has 0 bridgehead atoms. The molecule has 1 aliphatic carbocycles. The maximum absolute atomic E-state index is 12.7. The van der Waals surface area contributed by atoms with Gasteiger partial charge in [-0.15, -0.1) is 11.6 Å². The lowest BCUT2D eigenvalue weighted by Gasteiger charge is -2.30. The molecule has 0 saturated heterocycles. The number of hydrogen-bond donors (Lipinski definition) is 0. The van der Waals surface area contributed by atoms with Crippen molar-refractivity contribution in [2.75, 3.05) is 6.61 Å². The van der Waals surface area contributed by atoms with Crippen molar-refractivity contribution < 1.29 is 14.3 Å². The molecule has 170 valence electrons. The van der Waals surface area contributed by atoms with E-state index in [0.29, 0.717) is 18.6 Å². The van der Waals surface area contributed by atoms with Gasteiger partial charge >= 0.3 is 5.97 Å². The second kappa shape index (κ2) is 11.9. The Kier molecular flexibility index (Phi) is 9.00. The maximum Gasteiger partial charge on any atom is 0.331 e. The number of halogens is 1. The van der Waals surface area contributed by atoms with E-state index in [9.17, 15) is 10.1 Å². The highest BCUT2D eigenvalue weighted by molar-refractivity contribution is 6.20. The molecule has 1 fully saturated rings. The topological polar surface area (TPSA) is 59.3 Å². The Hall–Kier alpha value is -2.51. The Morgan fingerprint density at radius 2 is 1.66 bits per heavy atom. The van der Waals surface area contributed by atoms with Gasteiger partial charge < -0.3 is 9.47 Å². The zero-order valence-electron chi connectivity index (χ0n) is 18.8. The van der Waals surface area contributed by atoms with E-state index in [-0.39, 0.29) is 5.38 Å². The molecule has 1 saturated carbocycles. The van der Waals surface area contributed by atoms with E-state index in [4.69, 9.17) is 21.1 Å². The van der Waals surface area contributed by atoms with Crippen LogP contribution in [-0.2, 0) is 4.79 Å². The highest BCUT2D eigenvalue weighted by atomic mass is 35.5. The number of ether oxygens (including phenoxy) is 2. The lowest BCUT2D eigenvalue weighted by Crippen LogP contribution is -2.38. The third-order valence-electron chi connectivity index (χ3n) is 6.06. The number of nitrogens with zero attached hydrogens (tertiary/aromatic N) is 1. The first-order valence-corrected chi connectivity index (χ1v) is 12.1. The average molecular weight is 454 g/mol. The summed E-state index contributed by atoms with van der Waals surface area (Å²) in [4.78, 5) is 12.7. The number of carbonyl (C=O) groups excluding carboxylic acids is 1. The lowest BCUT2D eigenvalue weighted by molar-refractivity contribution is -0.144. The Morgan fingerprint density at radius 1 is 1.03 bits per heavy atom. The molecule has 5 heteroatoms. The van der Waals surface area contributed by atoms with Crippen molar-refractivity contribution in [3.8, 4) is 28.7 Å². The van der Waals surface area contributed by atoms with Crippen LogP contribution in [0.25, 0.3) is 11.1 Å². The number of alkyl halides is 1. The number of benzene rings is 2. The smallest absolute Gasteiger partial charge is 0.331 e. The number of nitriles is 1. The first kappa shape index (κ1) is 24.1. The molecule has 1 aliphatic rings. The second-order valence-corrected chi connectivity index (χ2v) is 9.21. The van der Waals surface area contributed by atoms with Crippen molar-refractivity contribution in [3.63, 3.8) is 0 Å². The summed E-state index contributed by atoms with van der Waals surface area (Å²) in [5.41, 5.74) is 0.933. The largest absolute Gasteiger partial charge is 0.494 e. The van der Waals surface area contributed by atoms with Crippen LogP contribution in [0.15, 0.2) is 48.5 Å². The van der Waals surface area contributed by atoms with Gasteiger partial charge in [-0.05, 0) is 67.5 Å². The molecule has 0 aliphatic heterocycles. The van der Waals surface area contributed by atoms with Crippen LogP contribution in [0.1, 0.15) is 64.7 Å². The molecule has 2 aromatic carbocycles. The fourth-order valence-electron chi connectivity index (χ4n) is 4.10. The Morgan fingerprint density at radius 3 is 2.25 bits per heavy atom. The first-order chi connectivity index (χ1) is 15.6. The normalized spacial score (nSPS) is 20.3. The summed E-state index contributed by atoms with van der Waals surface area (Å²) in [6.45, 7) is 2.97. The molecule has 0 N–H and O–H groups in total. The number of esters is 1. The third-order valence-corrected chi connectivity index (χ3v) is 6.44. The molecule has 0 heterocycles. The molecule has 2 unspecified atom stereocenters. The minimum Gasteiger partial charge on any atom is -0.494 e. The van der Waals surface area contributed by atoms with E-state index in [1.54, 1.807) is 12.1 Å². The summed E-state index contributed by atoms with van der Waals surface area (Å²) in [6.07, 6.45) is 8.54. The maximum atomic E-state index is 12.7. The molecule has 32 heavy (non-hydrogen) atoms. The standard InChI is InChI=1S/C27H32ClNO3/c1-2-3-4-5-6-18-31-24-13-9-21(10-14-24)22-11-15-25(16-12-22)32-26(30)27(20-29)17-7-8-23(28)19-27/h9-16,23H,2-8,17-19H2,1H3. The molecule has 0 radical (unpaired) electrons. The van der Waals surface area contributed by atoms with Gasteiger partial charge in [0.2, 0.25) is 0 Å². The van der Waals surface area contributed by atoms with Crippen LogP contribution >= 0.6 is 11.6 Å². The van der Waals surface area contributed by atoms with Gasteiger partial charge in [0.05, 0.1) is 12.7 Å². The monoisotopic (exact) mass is 453 g/mol. The number of carbonyl (C=O) groups is 1. The van der Waals surface area contributed by atoms with Crippen LogP contribution in [0.4, 0.5) is 0 Å². The van der Waals surface area contributed by atoms with Gasteiger partial charge in [0, 0.05) is 5.38 Å². The molecule has 3 rings (SSSR count). The van der Waals surface area contributed by atoms with Crippen LogP contribution in [0.3, 0.4) is 0 Å².